The maximum atomic E-state index is 13.2. The summed E-state index contributed by atoms with van der Waals surface area (Å²) in [6.45, 7) is 0.502. The molecule has 0 spiro atoms. The van der Waals surface area contributed by atoms with E-state index in [1.165, 1.54) is 12.1 Å². The molecule has 2 aromatic heterocycles. The Bertz CT molecular complexity index is 1020. The standard InChI is InChI=1S/C22H20FN3O2S/c1-2-12-26(14-17-5-4-13-28-17)22(27)25-19-7-3-6-18-20(19)29-21(24-18)15-8-10-16(23)11-9-15/h1,4-5,8-11,13,19H,3,6-7,12,14H2,(H,25,27)/t19-/m0/s1. The molecule has 3 aromatic rings. The smallest absolute Gasteiger partial charge is 0.319 e. The van der Waals surface area contributed by atoms with Crippen molar-refractivity contribution in [1.82, 2.24) is 15.2 Å². The zero-order valence-electron chi connectivity index (χ0n) is 15.7. The number of urea groups is 1. The fourth-order valence-electron chi connectivity index (χ4n) is 3.41. The van der Waals surface area contributed by atoms with Crippen molar-refractivity contribution in [3.8, 4) is 22.9 Å². The number of hydrogen-bond acceptors (Lipinski definition) is 4. The van der Waals surface area contributed by atoms with Crippen molar-refractivity contribution in [3.05, 3.63) is 64.8 Å². The summed E-state index contributed by atoms with van der Waals surface area (Å²) in [5.41, 5.74) is 1.88. The van der Waals surface area contributed by atoms with E-state index in [-0.39, 0.29) is 24.4 Å². The Morgan fingerprint density at radius 2 is 2.21 bits per heavy atom. The molecule has 0 unspecified atom stereocenters. The zero-order valence-corrected chi connectivity index (χ0v) is 16.5. The minimum absolute atomic E-state index is 0.116. The molecule has 1 atom stereocenters. The van der Waals surface area contributed by atoms with E-state index in [9.17, 15) is 9.18 Å². The van der Waals surface area contributed by atoms with Crippen molar-refractivity contribution in [2.24, 2.45) is 0 Å². The lowest BCUT2D eigenvalue weighted by Crippen LogP contribution is -2.42. The topological polar surface area (TPSA) is 58.4 Å². The number of terminal acetylenes is 1. The third-order valence-corrected chi connectivity index (χ3v) is 6.10. The maximum Gasteiger partial charge on any atom is 0.319 e. The lowest BCUT2D eigenvalue weighted by molar-refractivity contribution is 0.192. The number of thiazole rings is 1. The first kappa shape index (κ1) is 19.2. The number of hydrogen-bond donors (Lipinski definition) is 1. The van der Waals surface area contributed by atoms with Gasteiger partial charge >= 0.3 is 6.03 Å². The molecule has 5 nitrogen and oxygen atoms in total. The molecule has 1 aromatic carbocycles. The summed E-state index contributed by atoms with van der Waals surface area (Å²) in [6.07, 6.45) is 9.68. The molecule has 4 rings (SSSR count). The molecule has 1 aliphatic rings. The van der Waals surface area contributed by atoms with Gasteiger partial charge in [0.15, 0.2) is 0 Å². The molecule has 2 heterocycles. The van der Waals surface area contributed by atoms with Crippen LogP contribution in [0.2, 0.25) is 0 Å². The van der Waals surface area contributed by atoms with Crippen molar-refractivity contribution in [3.63, 3.8) is 0 Å². The predicted molar refractivity (Wildman–Crippen MR) is 110 cm³/mol. The number of fused-ring (bicyclic) bond motifs is 1. The number of halogens is 1. The normalized spacial score (nSPS) is 15.4. The minimum Gasteiger partial charge on any atom is -0.467 e. The van der Waals surface area contributed by atoms with E-state index in [0.29, 0.717) is 12.3 Å². The first-order valence-corrected chi connectivity index (χ1v) is 10.2. The second-order valence-electron chi connectivity index (χ2n) is 6.87. The minimum atomic E-state index is -0.273. The van der Waals surface area contributed by atoms with Crippen molar-refractivity contribution in [2.45, 2.75) is 31.8 Å². The molecule has 0 bridgehead atoms. The average Bonchev–Trinajstić information content (AvgIpc) is 3.38. The number of furan rings is 1. The van der Waals surface area contributed by atoms with Gasteiger partial charge in [-0.25, -0.2) is 14.2 Å². The predicted octanol–water partition coefficient (Wildman–Crippen LogP) is 4.76. The molecule has 0 saturated heterocycles. The van der Waals surface area contributed by atoms with Crippen LogP contribution in [0.5, 0.6) is 0 Å². The summed E-state index contributed by atoms with van der Waals surface area (Å²) >= 11 is 1.55. The summed E-state index contributed by atoms with van der Waals surface area (Å²) in [5.74, 6) is 2.93. The second-order valence-corrected chi connectivity index (χ2v) is 7.90. The number of aryl methyl sites for hydroxylation is 1. The fourth-order valence-corrected chi connectivity index (χ4v) is 4.62. The number of carbonyl (C=O) groups is 1. The second kappa shape index (κ2) is 8.50. The lowest BCUT2D eigenvalue weighted by atomic mass is 9.98. The highest BCUT2D eigenvalue weighted by atomic mass is 32.1. The molecular weight excluding hydrogens is 389 g/mol. The summed E-state index contributed by atoms with van der Waals surface area (Å²) in [7, 11) is 0. The van der Waals surface area contributed by atoms with Gasteiger partial charge in [0.05, 0.1) is 36.0 Å². The molecule has 7 heteroatoms. The molecule has 0 saturated carbocycles. The molecule has 0 radical (unpaired) electrons. The quantitative estimate of drug-likeness (QED) is 0.618. The van der Waals surface area contributed by atoms with Crippen LogP contribution >= 0.6 is 11.3 Å². The number of nitrogens with one attached hydrogen (secondary N) is 1. The number of rotatable bonds is 5. The highest BCUT2D eigenvalue weighted by molar-refractivity contribution is 7.15. The molecule has 29 heavy (non-hydrogen) atoms. The van der Waals surface area contributed by atoms with Gasteiger partial charge in [-0.3, -0.25) is 0 Å². The van der Waals surface area contributed by atoms with Crippen molar-refractivity contribution in [2.75, 3.05) is 6.54 Å². The first-order valence-electron chi connectivity index (χ1n) is 9.41. The van der Waals surface area contributed by atoms with Gasteiger partial charge in [0.25, 0.3) is 0 Å². The SMILES string of the molecule is C#CCN(Cc1ccco1)C(=O)N[C@H]1CCCc2nc(-c3ccc(F)cc3)sc21. The van der Waals surface area contributed by atoms with Gasteiger partial charge in [0.2, 0.25) is 0 Å². The van der Waals surface area contributed by atoms with Crippen LogP contribution in [0.1, 0.15) is 35.2 Å². The van der Waals surface area contributed by atoms with E-state index in [0.717, 1.165) is 40.4 Å². The largest absolute Gasteiger partial charge is 0.467 e. The molecule has 0 aliphatic heterocycles. The van der Waals surface area contributed by atoms with E-state index in [1.807, 2.05) is 6.07 Å². The zero-order chi connectivity index (χ0) is 20.2. The number of benzene rings is 1. The highest BCUT2D eigenvalue weighted by Crippen LogP contribution is 2.38. The van der Waals surface area contributed by atoms with Crippen LogP contribution in [0.4, 0.5) is 9.18 Å². The number of aromatic nitrogens is 1. The van der Waals surface area contributed by atoms with Crippen molar-refractivity contribution < 1.29 is 13.6 Å². The van der Waals surface area contributed by atoms with Crippen LogP contribution in [0.25, 0.3) is 10.6 Å². The van der Waals surface area contributed by atoms with E-state index < -0.39 is 0 Å². The average molecular weight is 409 g/mol. The fraction of sp³-hybridized carbons (Fsp3) is 0.273. The molecular formula is C22H20FN3O2S. The highest BCUT2D eigenvalue weighted by Gasteiger charge is 2.28. The Labute approximate surface area is 172 Å². The van der Waals surface area contributed by atoms with Crippen LogP contribution in [-0.4, -0.2) is 22.5 Å². The van der Waals surface area contributed by atoms with Gasteiger partial charge in [0, 0.05) is 5.56 Å². The Kier molecular flexibility index (Phi) is 5.63. The van der Waals surface area contributed by atoms with Crippen LogP contribution in [-0.2, 0) is 13.0 Å². The Morgan fingerprint density at radius 1 is 1.38 bits per heavy atom. The third-order valence-electron chi connectivity index (χ3n) is 4.84. The Hall–Kier alpha value is -3.11. The van der Waals surface area contributed by atoms with Gasteiger partial charge in [-0.2, -0.15) is 0 Å². The van der Waals surface area contributed by atoms with Gasteiger partial charge in [-0.05, 0) is 55.7 Å². The first-order chi connectivity index (χ1) is 14.1. The Morgan fingerprint density at radius 3 is 2.93 bits per heavy atom. The number of amides is 2. The van der Waals surface area contributed by atoms with Crippen molar-refractivity contribution >= 4 is 17.4 Å². The Balaban J connectivity index is 1.52. The van der Waals surface area contributed by atoms with Gasteiger partial charge in [-0.1, -0.05) is 5.92 Å². The summed E-state index contributed by atoms with van der Waals surface area (Å²) in [4.78, 5) is 20.2. The summed E-state index contributed by atoms with van der Waals surface area (Å²) in [6, 6.07) is 9.57. The summed E-state index contributed by atoms with van der Waals surface area (Å²) < 4.78 is 18.6. The third kappa shape index (κ3) is 4.33. The van der Waals surface area contributed by atoms with Gasteiger partial charge in [0.1, 0.15) is 16.6 Å². The molecule has 148 valence electrons. The lowest BCUT2D eigenvalue weighted by Gasteiger charge is -2.26. The van der Waals surface area contributed by atoms with Gasteiger partial charge < -0.3 is 14.6 Å². The van der Waals surface area contributed by atoms with E-state index in [4.69, 9.17) is 15.8 Å². The number of nitrogens with zero attached hydrogens (tertiary/aromatic N) is 2. The molecule has 2 amide bonds. The van der Waals surface area contributed by atoms with Crippen LogP contribution in [0, 0.1) is 18.2 Å². The molecule has 1 N–H and O–H groups in total. The van der Waals surface area contributed by atoms with Crippen LogP contribution < -0.4 is 5.32 Å². The van der Waals surface area contributed by atoms with E-state index in [2.05, 4.69) is 11.2 Å². The number of carbonyl (C=O) groups excluding carboxylic acids is 1. The van der Waals surface area contributed by atoms with Crippen LogP contribution in [0.15, 0.2) is 47.1 Å². The molecule has 1 aliphatic carbocycles. The molecule has 0 fully saturated rings. The van der Waals surface area contributed by atoms with Gasteiger partial charge in [-0.15, -0.1) is 17.8 Å². The van der Waals surface area contributed by atoms with E-state index in [1.54, 1.807) is 40.7 Å². The van der Waals surface area contributed by atoms with E-state index >= 15 is 0 Å². The summed E-state index contributed by atoms with van der Waals surface area (Å²) in [5, 5.41) is 3.95. The maximum absolute atomic E-state index is 13.2. The monoisotopic (exact) mass is 409 g/mol. The van der Waals surface area contributed by atoms with Crippen molar-refractivity contribution in [1.29, 1.82) is 0 Å². The van der Waals surface area contributed by atoms with Crippen LogP contribution in [0.3, 0.4) is 0 Å².